The van der Waals surface area contributed by atoms with Crippen LogP contribution in [0.15, 0.2) is 0 Å². The average molecular weight is 258 g/mol. The molecule has 1 aliphatic heterocycles. The number of carbonyl (C=O) groups is 1. The van der Waals surface area contributed by atoms with E-state index in [9.17, 15) is 4.79 Å². The maximum absolute atomic E-state index is 12.4. The second-order valence-corrected chi connectivity index (χ2v) is 5.40. The van der Waals surface area contributed by atoms with Crippen molar-refractivity contribution in [3.8, 4) is 0 Å². The van der Waals surface area contributed by atoms with Crippen LogP contribution < -0.4 is 5.32 Å². The number of hydrogen-bond donors (Lipinski definition) is 2. The van der Waals surface area contributed by atoms with Crippen molar-refractivity contribution in [2.75, 3.05) is 19.3 Å². The first-order valence-electron chi connectivity index (χ1n) is 6.73. The van der Waals surface area contributed by atoms with E-state index in [1.54, 1.807) is 0 Å². The molecule has 3 atom stereocenters. The number of piperidine rings is 1. The third kappa shape index (κ3) is 3.62. The van der Waals surface area contributed by atoms with Gasteiger partial charge in [-0.2, -0.15) is 12.6 Å². The highest BCUT2D eigenvalue weighted by molar-refractivity contribution is 7.80. The number of thiol groups is 1. The zero-order valence-corrected chi connectivity index (χ0v) is 12.2. The number of nitrogens with one attached hydrogen (secondary N) is 1. The van der Waals surface area contributed by atoms with Crippen molar-refractivity contribution >= 4 is 18.5 Å². The molecule has 0 aliphatic carbocycles. The minimum absolute atomic E-state index is 0.0323. The molecule has 3 unspecified atom stereocenters. The molecule has 1 N–H and O–H groups in total. The predicted molar refractivity (Wildman–Crippen MR) is 75.5 cm³/mol. The maximum atomic E-state index is 12.4. The second kappa shape index (κ2) is 7.27. The van der Waals surface area contributed by atoms with Gasteiger partial charge in [0.1, 0.15) is 0 Å². The van der Waals surface area contributed by atoms with E-state index in [1.807, 2.05) is 14.0 Å². The summed E-state index contributed by atoms with van der Waals surface area (Å²) < 4.78 is 0. The van der Waals surface area contributed by atoms with E-state index in [0.29, 0.717) is 17.8 Å². The number of likely N-dealkylation sites (N-methyl/N-ethyl adjacent to an activating group) is 1. The molecule has 1 fully saturated rings. The Morgan fingerprint density at radius 3 is 2.65 bits per heavy atom. The zero-order valence-electron chi connectivity index (χ0n) is 11.3. The van der Waals surface area contributed by atoms with Crippen molar-refractivity contribution in [1.29, 1.82) is 0 Å². The number of hydrogen-bond acceptors (Lipinski definition) is 3. The smallest absolute Gasteiger partial charge is 0.226 e. The topological polar surface area (TPSA) is 32.3 Å². The predicted octanol–water partition coefficient (Wildman–Crippen LogP) is 1.93. The third-order valence-corrected chi connectivity index (χ3v) is 4.27. The molecule has 0 spiro atoms. The second-order valence-electron chi connectivity index (χ2n) is 5.03. The van der Waals surface area contributed by atoms with Crippen molar-refractivity contribution in [3.05, 3.63) is 0 Å². The molecule has 1 rings (SSSR count). The lowest BCUT2D eigenvalue weighted by Crippen LogP contribution is -2.54. The van der Waals surface area contributed by atoms with E-state index in [1.165, 1.54) is 6.42 Å². The van der Waals surface area contributed by atoms with Gasteiger partial charge in [-0.1, -0.05) is 13.8 Å². The van der Waals surface area contributed by atoms with E-state index in [4.69, 9.17) is 0 Å². The Labute approximate surface area is 111 Å². The van der Waals surface area contributed by atoms with Gasteiger partial charge in [0, 0.05) is 30.3 Å². The number of likely N-dealkylation sites (tertiary alicyclic amines) is 1. The summed E-state index contributed by atoms with van der Waals surface area (Å²) in [6.07, 6.45) is 4.58. The molecule has 17 heavy (non-hydrogen) atoms. The number of carbonyl (C=O) groups excluding carboxylic acids is 1. The first kappa shape index (κ1) is 14.8. The van der Waals surface area contributed by atoms with E-state index in [2.05, 4.69) is 29.8 Å². The first-order chi connectivity index (χ1) is 8.15. The molecule has 1 amide bonds. The van der Waals surface area contributed by atoms with Gasteiger partial charge in [0.25, 0.3) is 0 Å². The fourth-order valence-corrected chi connectivity index (χ4v) is 2.85. The highest BCUT2D eigenvalue weighted by Crippen LogP contribution is 2.26. The van der Waals surface area contributed by atoms with Crippen molar-refractivity contribution in [3.63, 3.8) is 0 Å². The third-order valence-electron chi connectivity index (χ3n) is 3.72. The molecule has 0 aromatic carbocycles. The Balaban J connectivity index is 2.79. The van der Waals surface area contributed by atoms with Crippen LogP contribution in [-0.4, -0.2) is 42.2 Å². The number of amides is 1. The van der Waals surface area contributed by atoms with Gasteiger partial charge < -0.3 is 10.2 Å². The Bertz CT molecular complexity index is 246. The first-order valence-corrected chi connectivity index (χ1v) is 7.36. The fraction of sp³-hybridized carbons (Fsp3) is 0.923. The summed E-state index contributed by atoms with van der Waals surface area (Å²) in [5.74, 6) is 0.953. The Kier molecular flexibility index (Phi) is 6.34. The van der Waals surface area contributed by atoms with Gasteiger partial charge in [0.2, 0.25) is 5.91 Å². The molecule has 3 nitrogen and oxygen atoms in total. The van der Waals surface area contributed by atoms with Gasteiger partial charge in [-0.15, -0.1) is 0 Å². The number of nitrogens with zero attached hydrogens (tertiary/aromatic N) is 1. The molecule has 0 bridgehead atoms. The molecule has 1 saturated heterocycles. The number of rotatable bonds is 5. The lowest BCUT2D eigenvalue weighted by molar-refractivity contribution is -0.141. The van der Waals surface area contributed by atoms with Gasteiger partial charge >= 0.3 is 0 Å². The summed E-state index contributed by atoms with van der Waals surface area (Å²) in [4.78, 5) is 14.6. The van der Waals surface area contributed by atoms with E-state index in [0.717, 1.165) is 25.8 Å². The van der Waals surface area contributed by atoms with Crippen LogP contribution in [0.25, 0.3) is 0 Å². The molecule has 0 aromatic heterocycles. The van der Waals surface area contributed by atoms with E-state index in [-0.39, 0.29) is 11.8 Å². The van der Waals surface area contributed by atoms with Gasteiger partial charge in [-0.3, -0.25) is 4.79 Å². The summed E-state index contributed by atoms with van der Waals surface area (Å²) >= 11 is 4.25. The van der Waals surface area contributed by atoms with Crippen LogP contribution in [-0.2, 0) is 4.79 Å². The minimum atomic E-state index is 0.0323. The molecule has 0 saturated carbocycles. The van der Waals surface area contributed by atoms with Gasteiger partial charge in [-0.25, -0.2) is 0 Å². The molecule has 4 heteroatoms. The fourth-order valence-electron chi connectivity index (χ4n) is 2.69. The highest BCUT2D eigenvalue weighted by atomic mass is 32.1. The highest BCUT2D eigenvalue weighted by Gasteiger charge is 2.34. The van der Waals surface area contributed by atoms with Crippen LogP contribution >= 0.6 is 12.6 Å². The van der Waals surface area contributed by atoms with Crippen molar-refractivity contribution in [2.45, 2.75) is 51.6 Å². The van der Waals surface area contributed by atoms with Crippen molar-refractivity contribution < 1.29 is 4.79 Å². The molecule has 100 valence electrons. The molecular weight excluding hydrogens is 232 g/mol. The molecule has 1 heterocycles. The Morgan fingerprint density at radius 1 is 1.47 bits per heavy atom. The van der Waals surface area contributed by atoms with Gasteiger partial charge in [0.15, 0.2) is 0 Å². The van der Waals surface area contributed by atoms with Gasteiger partial charge in [-0.05, 0) is 32.7 Å². The molecule has 0 radical (unpaired) electrons. The summed E-state index contributed by atoms with van der Waals surface area (Å²) in [5, 5.41) is 3.21. The van der Waals surface area contributed by atoms with Crippen LogP contribution in [0.4, 0.5) is 0 Å². The zero-order chi connectivity index (χ0) is 12.8. The summed E-state index contributed by atoms with van der Waals surface area (Å²) in [7, 11) is 1.96. The summed E-state index contributed by atoms with van der Waals surface area (Å²) in [6.45, 7) is 5.06. The van der Waals surface area contributed by atoms with Crippen LogP contribution in [0.1, 0.15) is 39.5 Å². The van der Waals surface area contributed by atoms with Crippen molar-refractivity contribution in [2.24, 2.45) is 5.92 Å². The molecular formula is C13H26N2OS. The van der Waals surface area contributed by atoms with E-state index >= 15 is 0 Å². The standard InChI is InChI=1S/C13H26N2OS/c1-4-11-6-5-7-12(8-14-3)15(11)13(16)10(2)9-17/h10-12,14,17H,4-9H2,1-3H3. The van der Waals surface area contributed by atoms with Crippen molar-refractivity contribution in [1.82, 2.24) is 10.2 Å². The molecule has 0 aromatic rings. The SMILES string of the molecule is CCC1CCCC(CNC)N1C(=O)C(C)CS. The van der Waals surface area contributed by atoms with Gasteiger partial charge in [0.05, 0.1) is 0 Å². The largest absolute Gasteiger partial charge is 0.335 e. The van der Waals surface area contributed by atoms with E-state index < -0.39 is 0 Å². The normalized spacial score (nSPS) is 26.9. The Morgan fingerprint density at radius 2 is 2.12 bits per heavy atom. The Hall–Kier alpha value is -0.220. The summed E-state index contributed by atoms with van der Waals surface area (Å²) in [5.41, 5.74) is 0. The van der Waals surface area contributed by atoms with Crippen LogP contribution in [0, 0.1) is 5.92 Å². The molecule has 1 aliphatic rings. The lowest BCUT2D eigenvalue weighted by Gasteiger charge is -2.43. The monoisotopic (exact) mass is 258 g/mol. The minimum Gasteiger partial charge on any atom is -0.335 e. The van der Waals surface area contributed by atoms with Crippen LogP contribution in [0.3, 0.4) is 0 Å². The average Bonchev–Trinajstić information content (AvgIpc) is 2.37. The maximum Gasteiger partial charge on any atom is 0.226 e. The quantitative estimate of drug-likeness (QED) is 0.739. The van der Waals surface area contributed by atoms with Crippen LogP contribution in [0.5, 0.6) is 0 Å². The lowest BCUT2D eigenvalue weighted by atomic mass is 9.92. The van der Waals surface area contributed by atoms with Crippen LogP contribution in [0.2, 0.25) is 0 Å². The summed E-state index contributed by atoms with van der Waals surface area (Å²) in [6, 6.07) is 0.797.